The van der Waals surface area contributed by atoms with Crippen molar-refractivity contribution < 1.29 is 14.7 Å². The van der Waals surface area contributed by atoms with Gasteiger partial charge in [-0.2, -0.15) is 0 Å². The van der Waals surface area contributed by atoms with Crippen molar-refractivity contribution in [2.45, 2.75) is 0 Å². The summed E-state index contributed by atoms with van der Waals surface area (Å²) in [5.74, 6) is -1.11. The molecule has 0 atom stereocenters. The molecule has 1 aromatic carbocycles. The van der Waals surface area contributed by atoms with Crippen LogP contribution in [0.1, 0.15) is 10.4 Å². The SMILES string of the molecule is CN(C(=O)C1CNC1)c1ccccc1C(=O)O. The van der Waals surface area contributed by atoms with E-state index in [1.54, 1.807) is 25.2 Å². The van der Waals surface area contributed by atoms with Gasteiger partial charge in [0.1, 0.15) is 0 Å². The number of anilines is 1. The number of para-hydroxylation sites is 1. The topological polar surface area (TPSA) is 69.6 Å². The Kier molecular flexibility index (Phi) is 3.10. The number of hydrogen-bond donors (Lipinski definition) is 2. The number of aromatic carboxylic acids is 1. The van der Waals surface area contributed by atoms with E-state index in [0.29, 0.717) is 18.8 Å². The van der Waals surface area contributed by atoms with Crippen LogP contribution in [0.15, 0.2) is 24.3 Å². The highest BCUT2D eigenvalue weighted by Gasteiger charge is 2.29. The van der Waals surface area contributed by atoms with Gasteiger partial charge >= 0.3 is 5.97 Å². The molecular weight excluding hydrogens is 220 g/mol. The van der Waals surface area contributed by atoms with Crippen LogP contribution in [0.3, 0.4) is 0 Å². The first-order valence-corrected chi connectivity index (χ1v) is 5.42. The highest BCUT2D eigenvalue weighted by Crippen LogP contribution is 2.21. The van der Waals surface area contributed by atoms with E-state index < -0.39 is 5.97 Å². The summed E-state index contributed by atoms with van der Waals surface area (Å²) in [6.07, 6.45) is 0. The minimum atomic E-state index is -1.02. The van der Waals surface area contributed by atoms with Gasteiger partial charge in [0.15, 0.2) is 0 Å². The number of nitrogens with one attached hydrogen (secondary N) is 1. The number of benzene rings is 1. The third kappa shape index (κ3) is 2.14. The van der Waals surface area contributed by atoms with Crippen LogP contribution < -0.4 is 10.2 Å². The molecule has 1 aliphatic heterocycles. The van der Waals surface area contributed by atoms with E-state index in [2.05, 4.69) is 5.32 Å². The molecule has 90 valence electrons. The van der Waals surface area contributed by atoms with Crippen LogP contribution in [-0.2, 0) is 4.79 Å². The van der Waals surface area contributed by atoms with Gasteiger partial charge in [-0.1, -0.05) is 12.1 Å². The Labute approximate surface area is 99.0 Å². The summed E-state index contributed by atoms with van der Waals surface area (Å²) in [5.41, 5.74) is 0.590. The molecule has 1 amide bonds. The first-order chi connectivity index (χ1) is 8.11. The van der Waals surface area contributed by atoms with Gasteiger partial charge in [0.25, 0.3) is 0 Å². The minimum Gasteiger partial charge on any atom is -0.478 e. The number of rotatable bonds is 3. The number of amides is 1. The first kappa shape index (κ1) is 11.6. The van der Waals surface area contributed by atoms with Crippen molar-refractivity contribution in [3.63, 3.8) is 0 Å². The number of nitrogens with zero attached hydrogens (tertiary/aromatic N) is 1. The molecule has 17 heavy (non-hydrogen) atoms. The van der Waals surface area contributed by atoms with Crippen molar-refractivity contribution in [3.05, 3.63) is 29.8 Å². The Bertz CT molecular complexity index is 455. The standard InChI is InChI=1S/C12H14N2O3/c1-14(11(15)8-6-13-7-8)10-5-3-2-4-9(10)12(16)17/h2-5,8,13H,6-7H2,1H3,(H,16,17). The lowest BCUT2D eigenvalue weighted by Crippen LogP contribution is -2.51. The summed E-state index contributed by atoms with van der Waals surface area (Å²) >= 11 is 0. The van der Waals surface area contributed by atoms with E-state index in [0.717, 1.165) is 0 Å². The van der Waals surface area contributed by atoms with Gasteiger partial charge in [0.2, 0.25) is 5.91 Å². The molecule has 5 heteroatoms. The molecule has 1 saturated heterocycles. The highest BCUT2D eigenvalue weighted by molar-refractivity contribution is 6.02. The van der Waals surface area contributed by atoms with Crippen LogP contribution >= 0.6 is 0 Å². The second kappa shape index (κ2) is 4.55. The van der Waals surface area contributed by atoms with E-state index in [1.807, 2.05) is 0 Å². The van der Waals surface area contributed by atoms with E-state index in [-0.39, 0.29) is 17.4 Å². The van der Waals surface area contributed by atoms with Crippen LogP contribution in [0.4, 0.5) is 5.69 Å². The number of carbonyl (C=O) groups is 2. The van der Waals surface area contributed by atoms with Gasteiger partial charge in [-0.3, -0.25) is 4.79 Å². The molecule has 0 unspecified atom stereocenters. The molecule has 0 aliphatic carbocycles. The molecule has 0 bridgehead atoms. The monoisotopic (exact) mass is 234 g/mol. The number of carboxylic acid groups (broad SMARTS) is 1. The fraction of sp³-hybridized carbons (Fsp3) is 0.333. The Balaban J connectivity index is 2.26. The summed E-state index contributed by atoms with van der Waals surface area (Å²) in [6, 6.07) is 6.52. The molecule has 1 fully saturated rings. The summed E-state index contributed by atoms with van der Waals surface area (Å²) in [5, 5.41) is 12.1. The molecule has 2 N–H and O–H groups in total. The van der Waals surface area contributed by atoms with Crippen molar-refractivity contribution in [1.29, 1.82) is 0 Å². The minimum absolute atomic E-state index is 0.0400. The second-order valence-corrected chi connectivity index (χ2v) is 4.07. The molecule has 1 heterocycles. The van der Waals surface area contributed by atoms with Crippen LogP contribution in [-0.4, -0.2) is 37.1 Å². The average Bonchev–Trinajstić information content (AvgIpc) is 2.25. The molecule has 0 saturated carbocycles. The van der Waals surface area contributed by atoms with E-state index in [1.165, 1.54) is 11.0 Å². The lowest BCUT2D eigenvalue weighted by Gasteiger charge is -2.30. The van der Waals surface area contributed by atoms with Crippen LogP contribution in [0.2, 0.25) is 0 Å². The quantitative estimate of drug-likeness (QED) is 0.802. The fourth-order valence-electron chi connectivity index (χ4n) is 1.80. The summed E-state index contributed by atoms with van der Waals surface area (Å²) < 4.78 is 0. The van der Waals surface area contributed by atoms with Crippen LogP contribution in [0, 0.1) is 5.92 Å². The van der Waals surface area contributed by atoms with Crippen LogP contribution in [0.5, 0.6) is 0 Å². The molecular formula is C12H14N2O3. The predicted molar refractivity (Wildman–Crippen MR) is 63.2 cm³/mol. The Hall–Kier alpha value is -1.88. The summed E-state index contributed by atoms with van der Waals surface area (Å²) in [6.45, 7) is 1.33. The van der Waals surface area contributed by atoms with Crippen molar-refractivity contribution in [1.82, 2.24) is 5.32 Å². The maximum Gasteiger partial charge on any atom is 0.337 e. The zero-order valence-corrected chi connectivity index (χ0v) is 9.51. The fourth-order valence-corrected chi connectivity index (χ4v) is 1.80. The maximum atomic E-state index is 12.0. The molecule has 0 radical (unpaired) electrons. The Morgan fingerprint density at radius 1 is 1.35 bits per heavy atom. The second-order valence-electron chi connectivity index (χ2n) is 4.07. The van der Waals surface area contributed by atoms with E-state index >= 15 is 0 Å². The smallest absolute Gasteiger partial charge is 0.337 e. The third-order valence-corrected chi connectivity index (χ3v) is 2.96. The number of carbonyl (C=O) groups excluding carboxylic acids is 1. The van der Waals surface area contributed by atoms with Gasteiger partial charge in [-0.05, 0) is 12.1 Å². The molecule has 0 spiro atoms. The van der Waals surface area contributed by atoms with E-state index in [9.17, 15) is 9.59 Å². The lowest BCUT2D eigenvalue weighted by atomic mass is 10.0. The van der Waals surface area contributed by atoms with Crippen molar-refractivity contribution in [2.75, 3.05) is 25.0 Å². The molecule has 1 aromatic rings. The average molecular weight is 234 g/mol. The number of carboxylic acids is 1. The largest absolute Gasteiger partial charge is 0.478 e. The van der Waals surface area contributed by atoms with Gasteiger partial charge in [-0.25, -0.2) is 4.79 Å². The molecule has 2 rings (SSSR count). The summed E-state index contributed by atoms with van der Waals surface area (Å²) in [4.78, 5) is 24.5. The Morgan fingerprint density at radius 2 is 2.00 bits per heavy atom. The summed E-state index contributed by atoms with van der Waals surface area (Å²) in [7, 11) is 1.61. The molecule has 5 nitrogen and oxygen atoms in total. The van der Waals surface area contributed by atoms with Gasteiger partial charge in [0, 0.05) is 20.1 Å². The maximum absolute atomic E-state index is 12.0. The third-order valence-electron chi connectivity index (χ3n) is 2.96. The lowest BCUT2D eigenvalue weighted by molar-refractivity contribution is -0.123. The number of hydrogen-bond acceptors (Lipinski definition) is 3. The highest BCUT2D eigenvalue weighted by atomic mass is 16.4. The molecule has 0 aromatic heterocycles. The van der Waals surface area contributed by atoms with Gasteiger partial charge < -0.3 is 15.3 Å². The van der Waals surface area contributed by atoms with Crippen LogP contribution in [0.25, 0.3) is 0 Å². The molecule has 1 aliphatic rings. The van der Waals surface area contributed by atoms with Gasteiger partial charge in [-0.15, -0.1) is 0 Å². The first-order valence-electron chi connectivity index (χ1n) is 5.42. The van der Waals surface area contributed by atoms with E-state index in [4.69, 9.17) is 5.11 Å². The van der Waals surface area contributed by atoms with Crippen molar-refractivity contribution in [3.8, 4) is 0 Å². The normalized spacial score (nSPS) is 15.1. The zero-order valence-electron chi connectivity index (χ0n) is 9.51. The van der Waals surface area contributed by atoms with Gasteiger partial charge in [0.05, 0.1) is 17.2 Å². The Morgan fingerprint density at radius 3 is 2.53 bits per heavy atom. The zero-order chi connectivity index (χ0) is 12.4. The van der Waals surface area contributed by atoms with Crippen molar-refractivity contribution in [2.24, 2.45) is 5.92 Å². The van der Waals surface area contributed by atoms with Crippen molar-refractivity contribution >= 4 is 17.6 Å². The predicted octanol–water partition coefficient (Wildman–Crippen LogP) is 0.567.